The molecule has 0 bridgehead atoms. The van der Waals surface area contributed by atoms with Gasteiger partial charge in [-0.1, -0.05) is 42.5 Å². The minimum atomic E-state index is -2.98. The van der Waals surface area contributed by atoms with Crippen molar-refractivity contribution in [2.24, 2.45) is 4.99 Å². The van der Waals surface area contributed by atoms with E-state index in [0.717, 1.165) is 0 Å². The first-order valence-corrected chi connectivity index (χ1v) is 10.7. The summed E-state index contributed by atoms with van der Waals surface area (Å²) in [7, 11) is -1.26. The summed E-state index contributed by atoms with van der Waals surface area (Å²) in [5, 5.41) is 8.98. The molecule has 0 amide bonds. The Morgan fingerprint density at radius 3 is 2.62 bits per heavy atom. The molecule has 2 aromatic rings. The molecular weight excluding hydrogens is 350 g/mol. The zero-order valence-electron chi connectivity index (χ0n) is 15.5. The normalized spacial score (nSPS) is 13.6. The summed E-state index contributed by atoms with van der Waals surface area (Å²) in [6, 6.07) is 14.7. The first-order chi connectivity index (χ1) is 12.4. The smallest absolute Gasteiger partial charge is 0.191 e. The average molecular weight is 378 g/mol. The fraction of sp³-hybridized carbons (Fsp3) is 0.421. The number of fused-ring (bicyclic) bond motifs is 1. The van der Waals surface area contributed by atoms with Gasteiger partial charge in [0.15, 0.2) is 5.96 Å². The predicted octanol–water partition coefficient (Wildman–Crippen LogP) is 2.13. The molecule has 0 radical (unpaired) electrons. The molecule has 2 rings (SSSR count). The van der Waals surface area contributed by atoms with E-state index in [-0.39, 0.29) is 18.4 Å². The van der Waals surface area contributed by atoms with Crippen LogP contribution in [0.5, 0.6) is 0 Å². The molecule has 6 nitrogen and oxygen atoms in total. The Balaban J connectivity index is 1.85. The second-order valence-electron chi connectivity index (χ2n) is 6.18. The van der Waals surface area contributed by atoms with Gasteiger partial charge in [-0.15, -0.1) is 0 Å². The van der Waals surface area contributed by atoms with Crippen LogP contribution >= 0.6 is 0 Å². The standard InChI is InChI=1S/C19H27N3O3S/c1-15(17-10-6-8-16-7-4-5-9-18(16)17)22-19(20-2)21-11-12-25-13-14-26(3,23)24/h4-10,15H,11-14H2,1-3H3,(H2,20,21,22). The van der Waals surface area contributed by atoms with Crippen molar-refractivity contribution in [3.05, 3.63) is 48.0 Å². The highest BCUT2D eigenvalue weighted by Crippen LogP contribution is 2.23. The third kappa shape index (κ3) is 6.31. The van der Waals surface area contributed by atoms with Gasteiger partial charge in [-0.2, -0.15) is 0 Å². The number of hydrogen-bond acceptors (Lipinski definition) is 4. The van der Waals surface area contributed by atoms with Crippen LogP contribution in [-0.2, 0) is 14.6 Å². The summed E-state index contributed by atoms with van der Waals surface area (Å²) < 4.78 is 27.4. The van der Waals surface area contributed by atoms with Crippen LogP contribution in [0, 0.1) is 0 Å². The van der Waals surface area contributed by atoms with Crippen LogP contribution in [0.1, 0.15) is 18.5 Å². The maximum Gasteiger partial charge on any atom is 0.191 e. The number of ether oxygens (including phenoxy) is 1. The lowest BCUT2D eigenvalue weighted by atomic mass is 10.00. The molecule has 0 heterocycles. The average Bonchev–Trinajstić information content (AvgIpc) is 2.62. The summed E-state index contributed by atoms with van der Waals surface area (Å²) in [4.78, 5) is 4.23. The third-order valence-electron chi connectivity index (χ3n) is 4.00. The van der Waals surface area contributed by atoms with Crippen molar-refractivity contribution in [3.63, 3.8) is 0 Å². The van der Waals surface area contributed by atoms with Gasteiger partial charge < -0.3 is 15.4 Å². The van der Waals surface area contributed by atoms with Gasteiger partial charge in [0.05, 0.1) is 25.0 Å². The lowest BCUT2D eigenvalue weighted by Crippen LogP contribution is -2.40. The van der Waals surface area contributed by atoms with Crippen LogP contribution < -0.4 is 10.6 Å². The summed E-state index contributed by atoms with van der Waals surface area (Å²) in [6.07, 6.45) is 1.20. The van der Waals surface area contributed by atoms with Crippen molar-refractivity contribution in [2.75, 3.05) is 38.8 Å². The molecular formula is C19H27N3O3S. The summed E-state index contributed by atoms with van der Waals surface area (Å²) >= 11 is 0. The first-order valence-electron chi connectivity index (χ1n) is 8.61. The van der Waals surface area contributed by atoms with Gasteiger partial charge in [-0.3, -0.25) is 4.99 Å². The lowest BCUT2D eigenvalue weighted by Gasteiger charge is -2.20. The zero-order chi connectivity index (χ0) is 19.0. The number of aliphatic imine (C=N–C) groups is 1. The molecule has 0 saturated carbocycles. The van der Waals surface area contributed by atoms with Crippen molar-refractivity contribution < 1.29 is 13.2 Å². The number of rotatable bonds is 8. The minimum Gasteiger partial charge on any atom is -0.379 e. The van der Waals surface area contributed by atoms with Gasteiger partial charge in [0.1, 0.15) is 9.84 Å². The van der Waals surface area contributed by atoms with Gasteiger partial charge in [-0.05, 0) is 23.3 Å². The molecule has 1 unspecified atom stereocenters. The van der Waals surface area contributed by atoms with E-state index in [4.69, 9.17) is 4.74 Å². The van der Waals surface area contributed by atoms with Gasteiger partial charge in [0.25, 0.3) is 0 Å². The SMILES string of the molecule is CN=C(NCCOCCS(C)(=O)=O)NC(C)c1cccc2ccccc12. The van der Waals surface area contributed by atoms with E-state index in [2.05, 4.69) is 52.9 Å². The Hall–Kier alpha value is -2.12. The second-order valence-corrected chi connectivity index (χ2v) is 8.44. The molecule has 142 valence electrons. The first kappa shape index (κ1) is 20.2. The van der Waals surface area contributed by atoms with Crippen LogP contribution in [0.2, 0.25) is 0 Å². The van der Waals surface area contributed by atoms with Crippen LogP contribution in [0.15, 0.2) is 47.5 Å². The molecule has 2 aromatic carbocycles. The Kier molecular flexibility index (Phi) is 7.41. The minimum absolute atomic E-state index is 0.0398. The maximum atomic E-state index is 11.0. The van der Waals surface area contributed by atoms with Gasteiger partial charge >= 0.3 is 0 Å². The van der Waals surface area contributed by atoms with E-state index in [1.165, 1.54) is 22.6 Å². The van der Waals surface area contributed by atoms with Crippen molar-refractivity contribution in [3.8, 4) is 0 Å². The van der Waals surface area contributed by atoms with E-state index in [1.807, 2.05) is 12.1 Å². The van der Waals surface area contributed by atoms with Crippen LogP contribution in [0.25, 0.3) is 10.8 Å². The van der Waals surface area contributed by atoms with E-state index < -0.39 is 9.84 Å². The van der Waals surface area contributed by atoms with Crippen molar-refractivity contribution >= 4 is 26.6 Å². The fourth-order valence-corrected chi connectivity index (χ4v) is 3.08. The molecule has 0 aliphatic carbocycles. The van der Waals surface area contributed by atoms with Gasteiger partial charge in [0.2, 0.25) is 0 Å². The van der Waals surface area contributed by atoms with E-state index in [0.29, 0.717) is 19.1 Å². The molecule has 0 aliphatic rings. The zero-order valence-corrected chi connectivity index (χ0v) is 16.3. The Morgan fingerprint density at radius 2 is 1.88 bits per heavy atom. The molecule has 0 spiro atoms. The summed E-state index contributed by atoms with van der Waals surface area (Å²) in [6.45, 7) is 3.26. The van der Waals surface area contributed by atoms with Crippen LogP contribution in [0.3, 0.4) is 0 Å². The number of guanidine groups is 1. The van der Waals surface area contributed by atoms with Crippen LogP contribution in [0.4, 0.5) is 0 Å². The molecule has 0 saturated heterocycles. The monoisotopic (exact) mass is 377 g/mol. The Bertz CT molecular complexity index is 845. The van der Waals surface area contributed by atoms with Gasteiger partial charge in [0, 0.05) is 19.8 Å². The third-order valence-corrected chi connectivity index (χ3v) is 4.91. The van der Waals surface area contributed by atoms with E-state index in [1.54, 1.807) is 7.05 Å². The molecule has 0 aromatic heterocycles. The molecule has 0 aliphatic heterocycles. The molecule has 0 fully saturated rings. The Morgan fingerprint density at radius 1 is 1.15 bits per heavy atom. The number of hydrogen-bond donors (Lipinski definition) is 2. The number of nitrogens with one attached hydrogen (secondary N) is 2. The molecule has 7 heteroatoms. The second kappa shape index (κ2) is 9.54. The highest BCUT2D eigenvalue weighted by Gasteiger charge is 2.10. The number of nitrogens with zero attached hydrogens (tertiary/aromatic N) is 1. The largest absolute Gasteiger partial charge is 0.379 e. The van der Waals surface area contributed by atoms with Crippen molar-refractivity contribution in [1.29, 1.82) is 0 Å². The number of benzene rings is 2. The van der Waals surface area contributed by atoms with Crippen LogP contribution in [-0.4, -0.2) is 53.2 Å². The molecule has 1 atom stereocenters. The molecule has 26 heavy (non-hydrogen) atoms. The highest BCUT2D eigenvalue weighted by molar-refractivity contribution is 7.90. The Labute approximate surface area is 155 Å². The summed E-state index contributed by atoms with van der Waals surface area (Å²) in [5.41, 5.74) is 1.20. The lowest BCUT2D eigenvalue weighted by molar-refractivity contribution is 0.154. The topological polar surface area (TPSA) is 79.8 Å². The van der Waals surface area contributed by atoms with E-state index in [9.17, 15) is 8.42 Å². The summed E-state index contributed by atoms with van der Waals surface area (Å²) in [5.74, 6) is 0.718. The molecule has 2 N–H and O–H groups in total. The fourth-order valence-electron chi connectivity index (χ4n) is 2.66. The van der Waals surface area contributed by atoms with Crippen molar-refractivity contribution in [1.82, 2.24) is 10.6 Å². The maximum absolute atomic E-state index is 11.0. The van der Waals surface area contributed by atoms with Gasteiger partial charge in [-0.25, -0.2) is 8.42 Å². The quantitative estimate of drug-likeness (QED) is 0.418. The van der Waals surface area contributed by atoms with Crippen molar-refractivity contribution in [2.45, 2.75) is 13.0 Å². The number of sulfone groups is 1. The van der Waals surface area contributed by atoms with E-state index >= 15 is 0 Å². The highest BCUT2D eigenvalue weighted by atomic mass is 32.2. The predicted molar refractivity (Wildman–Crippen MR) is 107 cm³/mol.